The van der Waals surface area contributed by atoms with Gasteiger partial charge in [-0.05, 0) is 12.5 Å². The molecule has 0 heterocycles. The SMILES string of the molecule is C=CCN(CC=C)CC(N)(CC=C)c1ccccc1F. The number of benzene rings is 1. The van der Waals surface area contributed by atoms with Gasteiger partial charge in [0.25, 0.3) is 0 Å². The number of nitrogens with zero attached hydrogens (tertiary/aromatic N) is 1. The van der Waals surface area contributed by atoms with E-state index in [1.165, 1.54) is 6.07 Å². The summed E-state index contributed by atoms with van der Waals surface area (Å²) in [5, 5.41) is 0. The molecule has 1 unspecified atom stereocenters. The minimum absolute atomic E-state index is 0.283. The monoisotopic (exact) mass is 274 g/mol. The van der Waals surface area contributed by atoms with Crippen molar-refractivity contribution in [2.75, 3.05) is 19.6 Å². The maximum Gasteiger partial charge on any atom is 0.128 e. The molecule has 1 atom stereocenters. The molecule has 0 aliphatic rings. The van der Waals surface area contributed by atoms with Crippen LogP contribution in [0.5, 0.6) is 0 Å². The lowest BCUT2D eigenvalue weighted by molar-refractivity contribution is 0.241. The van der Waals surface area contributed by atoms with E-state index < -0.39 is 5.54 Å². The topological polar surface area (TPSA) is 29.3 Å². The zero-order chi connectivity index (χ0) is 15.0. The molecule has 1 aromatic carbocycles. The van der Waals surface area contributed by atoms with Crippen LogP contribution in [0.1, 0.15) is 12.0 Å². The summed E-state index contributed by atoms with van der Waals surface area (Å²) < 4.78 is 14.1. The molecule has 1 rings (SSSR count). The molecule has 2 N–H and O–H groups in total. The zero-order valence-electron chi connectivity index (χ0n) is 11.9. The van der Waals surface area contributed by atoms with Crippen LogP contribution in [0.2, 0.25) is 0 Å². The van der Waals surface area contributed by atoms with E-state index in [1.807, 2.05) is 0 Å². The Morgan fingerprint density at radius 2 is 1.70 bits per heavy atom. The minimum atomic E-state index is -0.806. The van der Waals surface area contributed by atoms with Crippen molar-refractivity contribution in [1.82, 2.24) is 4.90 Å². The first-order valence-electron chi connectivity index (χ1n) is 6.66. The molecule has 0 fully saturated rings. The highest BCUT2D eigenvalue weighted by Crippen LogP contribution is 2.26. The van der Waals surface area contributed by atoms with Gasteiger partial charge in [-0.2, -0.15) is 0 Å². The molecule has 1 aromatic rings. The number of nitrogens with two attached hydrogens (primary N) is 1. The summed E-state index contributed by atoms with van der Waals surface area (Å²) in [7, 11) is 0. The molecule has 0 amide bonds. The molecule has 0 aliphatic heterocycles. The van der Waals surface area contributed by atoms with Crippen molar-refractivity contribution in [2.24, 2.45) is 5.73 Å². The van der Waals surface area contributed by atoms with Crippen molar-refractivity contribution in [2.45, 2.75) is 12.0 Å². The van der Waals surface area contributed by atoms with Gasteiger partial charge in [0.15, 0.2) is 0 Å². The molecule has 108 valence electrons. The first kappa shape index (κ1) is 16.3. The van der Waals surface area contributed by atoms with Crippen molar-refractivity contribution >= 4 is 0 Å². The molecule has 3 heteroatoms. The van der Waals surface area contributed by atoms with E-state index in [0.717, 1.165) is 0 Å². The lowest BCUT2D eigenvalue weighted by Gasteiger charge is -2.34. The van der Waals surface area contributed by atoms with Crippen molar-refractivity contribution in [3.8, 4) is 0 Å². The van der Waals surface area contributed by atoms with Gasteiger partial charge in [-0.25, -0.2) is 4.39 Å². The fraction of sp³-hybridized carbons (Fsp3) is 0.294. The molecule has 20 heavy (non-hydrogen) atoms. The fourth-order valence-electron chi connectivity index (χ4n) is 2.35. The third kappa shape index (κ3) is 4.15. The molecule has 0 saturated heterocycles. The molecular weight excluding hydrogens is 251 g/mol. The molecule has 2 nitrogen and oxygen atoms in total. The molecule has 0 bridgehead atoms. The van der Waals surface area contributed by atoms with Gasteiger partial charge in [0, 0.05) is 25.2 Å². The Morgan fingerprint density at radius 3 is 2.20 bits per heavy atom. The van der Waals surface area contributed by atoms with Gasteiger partial charge in [0.05, 0.1) is 5.54 Å². The summed E-state index contributed by atoms with van der Waals surface area (Å²) in [6.07, 6.45) is 5.84. The first-order chi connectivity index (χ1) is 9.57. The second-order valence-corrected chi connectivity index (χ2v) is 4.90. The average molecular weight is 274 g/mol. The number of rotatable bonds is 9. The smallest absolute Gasteiger partial charge is 0.128 e. The van der Waals surface area contributed by atoms with Crippen LogP contribution in [0.25, 0.3) is 0 Å². The minimum Gasteiger partial charge on any atom is -0.320 e. The van der Waals surface area contributed by atoms with Crippen LogP contribution in [0.15, 0.2) is 62.2 Å². The maximum atomic E-state index is 14.1. The van der Waals surface area contributed by atoms with Crippen LogP contribution in [-0.2, 0) is 5.54 Å². The van der Waals surface area contributed by atoms with E-state index in [0.29, 0.717) is 31.6 Å². The second-order valence-electron chi connectivity index (χ2n) is 4.90. The van der Waals surface area contributed by atoms with Gasteiger partial charge in [0.1, 0.15) is 5.82 Å². The molecule has 0 aromatic heterocycles. The Kier molecular flexibility index (Phi) is 6.36. The van der Waals surface area contributed by atoms with E-state index in [9.17, 15) is 4.39 Å². The van der Waals surface area contributed by atoms with Crippen LogP contribution in [0.4, 0.5) is 4.39 Å². The summed E-state index contributed by atoms with van der Waals surface area (Å²) in [4.78, 5) is 2.08. The summed E-state index contributed by atoms with van der Waals surface area (Å²) >= 11 is 0. The van der Waals surface area contributed by atoms with Crippen molar-refractivity contribution in [3.05, 3.63) is 73.6 Å². The van der Waals surface area contributed by atoms with Crippen LogP contribution < -0.4 is 5.73 Å². The Balaban J connectivity index is 3.07. The standard InChI is InChI=1S/C17H23FN2/c1-4-11-17(19,14-20(12-5-2)13-6-3)15-9-7-8-10-16(15)18/h4-10H,1-3,11-14,19H2. The molecule has 0 radical (unpaired) electrons. The van der Waals surface area contributed by atoms with Gasteiger partial charge in [0.2, 0.25) is 0 Å². The highest BCUT2D eigenvalue weighted by molar-refractivity contribution is 5.27. The van der Waals surface area contributed by atoms with Gasteiger partial charge >= 0.3 is 0 Å². The molecule has 0 aliphatic carbocycles. The quantitative estimate of drug-likeness (QED) is 0.701. The van der Waals surface area contributed by atoms with Gasteiger partial charge in [-0.1, -0.05) is 36.4 Å². The lowest BCUT2D eigenvalue weighted by Crippen LogP contribution is -2.48. The predicted molar refractivity (Wildman–Crippen MR) is 83.9 cm³/mol. The van der Waals surface area contributed by atoms with E-state index in [1.54, 1.807) is 36.4 Å². The number of hydrogen-bond donors (Lipinski definition) is 1. The Hall–Kier alpha value is -1.71. The molecule has 0 spiro atoms. The second kappa shape index (κ2) is 7.78. The van der Waals surface area contributed by atoms with E-state index in [2.05, 4.69) is 24.6 Å². The highest BCUT2D eigenvalue weighted by atomic mass is 19.1. The normalized spacial score (nSPS) is 13.8. The molecular formula is C17H23FN2. The third-order valence-electron chi connectivity index (χ3n) is 3.20. The Morgan fingerprint density at radius 1 is 1.10 bits per heavy atom. The summed E-state index contributed by atoms with van der Waals surface area (Å²) in [5.74, 6) is -0.283. The summed E-state index contributed by atoms with van der Waals surface area (Å²) in [6.45, 7) is 13.1. The Bertz CT molecular complexity index is 460. The largest absolute Gasteiger partial charge is 0.320 e. The summed E-state index contributed by atoms with van der Waals surface area (Å²) in [6, 6.07) is 6.64. The third-order valence-corrected chi connectivity index (χ3v) is 3.20. The van der Waals surface area contributed by atoms with Gasteiger partial charge in [-0.3, -0.25) is 4.90 Å². The van der Waals surface area contributed by atoms with Crippen LogP contribution in [0, 0.1) is 5.82 Å². The van der Waals surface area contributed by atoms with E-state index in [4.69, 9.17) is 5.73 Å². The molecule has 0 saturated carbocycles. The predicted octanol–water partition coefficient (Wildman–Crippen LogP) is 3.23. The van der Waals surface area contributed by atoms with E-state index in [-0.39, 0.29) is 5.82 Å². The van der Waals surface area contributed by atoms with Crippen molar-refractivity contribution in [1.29, 1.82) is 0 Å². The summed E-state index contributed by atoms with van der Waals surface area (Å²) in [5.41, 5.74) is 6.18. The fourth-order valence-corrected chi connectivity index (χ4v) is 2.35. The van der Waals surface area contributed by atoms with E-state index >= 15 is 0 Å². The van der Waals surface area contributed by atoms with Crippen LogP contribution >= 0.6 is 0 Å². The van der Waals surface area contributed by atoms with Gasteiger partial charge in [-0.15, -0.1) is 19.7 Å². The number of halogens is 1. The lowest BCUT2D eigenvalue weighted by atomic mass is 9.86. The first-order valence-corrected chi connectivity index (χ1v) is 6.66. The maximum absolute atomic E-state index is 14.1. The van der Waals surface area contributed by atoms with Crippen molar-refractivity contribution in [3.63, 3.8) is 0 Å². The van der Waals surface area contributed by atoms with Crippen LogP contribution in [0.3, 0.4) is 0 Å². The highest BCUT2D eigenvalue weighted by Gasteiger charge is 2.30. The number of hydrogen-bond acceptors (Lipinski definition) is 2. The van der Waals surface area contributed by atoms with Gasteiger partial charge < -0.3 is 5.73 Å². The Labute approximate surface area is 121 Å². The van der Waals surface area contributed by atoms with Crippen molar-refractivity contribution < 1.29 is 4.39 Å². The van der Waals surface area contributed by atoms with Crippen LogP contribution in [-0.4, -0.2) is 24.5 Å². The average Bonchev–Trinajstić information content (AvgIpc) is 2.40. The zero-order valence-corrected chi connectivity index (χ0v) is 11.9.